The zero-order valence-electron chi connectivity index (χ0n) is 1.71. The molecule has 0 atom stereocenters. The van der Waals surface area contributed by atoms with E-state index < -0.39 is 6.68 Å². The van der Waals surface area contributed by atoms with Gasteiger partial charge in [-0.3, -0.25) is 0 Å². The number of alkyl halides is 3. The average molecular weight is 71.0 g/mol. The monoisotopic (exact) mass is 71.0 g/mol. The first-order chi connectivity index (χ1) is 1.73. The summed E-state index contributed by atoms with van der Waals surface area (Å²) in [6.45, 7) is -3.67. The third-order valence-electron chi connectivity index (χ3n) is 0. The topological polar surface area (TPSA) is 0 Å². The fraction of sp³-hybridized carbons (Fsp3) is 1.00. The van der Waals surface area contributed by atoms with Gasteiger partial charge in [-0.15, -0.1) is 0 Å². The Kier molecular flexibility index (Phi) is 1.09. The lowest BCUT2D eigenvalue weighted by Crippen LogP contribution is -1.65. The van der Waals surface area contributed by atoms with Crippen LogP contribution in [0.5, 0.6) is 0 Å². The van der Waals surface area contributed by atoms with Crippen LogP contribution in [0.15, 0.2) is 0 Å². The van der Waals surface area contributed by atoms with Gasteiger partial charge in [-0.1, -0.05) is 0 Å². The van der Waals surface area contributed by atoms with Gasteiger partial charge in [0.2, 0.25) is 0 Å². The van der Waals surface area contributed by atoms with E-state index >= 15 is 0 Å². The maximum atomic E-state index is 9.67. The molecule has 0 unspecified atom stereocenters. The van der Waals surface area contributed by atoms with Gasteiger partial charge >= 0.3 is 6.68 Å². The summed E-state index contributed by atoms with van der Waals surface area (Å²) in [7, 11) is 0. The minimum atomic E-state index is -3.67. The summed E-state index contributed by atoms with van der Waals surface area (Å²) < 4.78 is 29.0. The molecule has 0 rings (SSSR count). The molecule has 4 heavy (non-hydrogen) atoms. The molecular weight excluding hydrogens is 70.0 g/mol. The lowest BCUT2D eigenvalue weighted by molar-refractivity contribution is 0.00820. The Morgan fingerprint density at radius 2 is 1.00 bits per heavy atom. The van der Waals surface area contributed by atoms with E-state index in [1.54, 1.807) is 0 Å². The zero-order chi connectivity index (χ0) is 3.58. The van der Waals surface area contributed by atoms with E-state index in [0.29, 0.717) is 0 Å². The highest BCUT2D eigenvalue weighted by Crippen LogP contribution is 1.87. The second-order valence-electron chi connectivity index (χ2n) is 0.247. The smallest absolute Gasteiger partial charge is 0.174 e. The molecular formula is CHF3. The lowest BCUT2D eigenvalue weighted by Gasteiger charge is -1.65. The van der Waals surface area contributed by atoms with E-state index in [4.69, 9.17) is 0 Å². The van der Waals surface area contributed by atoms with Gasteiger partial charge in [0.15, 0.2) is 0 Å². The Hall–Kier alpha value is -0.210. The first-order valence-corrected chi connectivity index (χ1v) is 0.655. The molecule has 0 amide bonds. The molecule has 0 saturated carbocycles. The molecule has 0 bridgehead atoms. The molecule has 0 radical (unpaired) electrons. The van der Waals surface area contributed by atoms with Crippen LogP contribution in [0.4, 0.5) is 13.2 Å². The van der Waals surface area contributed by atoms with Crippen molar-refractivity contribution in [2.24, 2.45) is 0 Å². The Labute approximate surface area is 21.2 Å². The average Bonchev–Trinajstić information content (AvgIpc) is 0.811. The minimum absolute atomic E-state index is 3.67. The van der Waals surface area contributed by atoms with Gasteiger partial charge in [-0.25, -0.2) is 0 Å². The normalized spacial score (nSPS) is 9.00. The Balaban J connectivity index is 2.32. The molecule has 0 aromatic rings. The summed E-state index contributed by atoms with van der Waals surface area (Å²) in [6.07, 6.45) is 0. The van der Waals surface area contributed by atoms with Gasteiger partial charge in [-0.2, -0.15) is 13.2 Å². The molecule has 0 N–H and O–H groups in total. The van der Waals surface area contributed by atoms with Crippen LogP contribution < -0.4 is 0 Å². The third kappa shape index (κ3) is 25.3. The molecule has 0 aliphatic carbocycles. The fourth-order valence-corrected chi connectivity index (χ4v) is 0. The number of halogens is 3. The van der Waals surface area contributed by atoms with Crippen molar-refractivity contribution in [1.29, 1.82) is 0 Å². The predicted octanol–water partition coefficient (Wildman–Crippen LogP) is 1.18. The van der Waals surface area contributed by atoms with Crippen molar-refractivity contribution in [3.05, 3.63) is 0 Å². The SMILES string of the molecule is F[13CH](F)F. The van der Waals surface area contributed by atoms with Gasteiger partial charge in [0.25, 0.3) is 0 Å². The van der Waals surface area contributed by atoms with Crippen LogP contribution in [0.3, 0.4) is 0 Å². The molecule has 0 fully saturated rings. The summed E-state index contributed by atoms with van der Waals surface area (Å²) in [5.74, 6) is 0. The van der Waals surface area contributed by atoms with Gasteiger partial charge in [0, 0.05) is 0 Å². The Bertz CT molecular complexity index is 8.00. The van der Waals surface area contributed by atoms with Crippen LogP contribution in [0, 0.1) is 0 Å². The van der Waals surface area contributed by atoms with Crippen molar-refractivity contribution < 1.29 is 13.2 Å². The van der Waals surface area contributed by atoms with Crippen molar-refractivity contribution in [1.82, 2.24) is 0 Å². The molecule has 0 saturated heterocycles. The second-order valence-corrected chi connectivity index (χ2v) is 0.247. The zero-order valence-corrected chi connectivity index (χ0v) is 1.71. The first-order valence-electron chi connectivity index (χ1n) is 0.655. The molecule has 0 spiro atoms. The first kappa shape index (κ1) is 3.79. The third-order valence-corrected chi connectivity index (χ3v) is 0. The van der Waals surface area contributed by atoms with Crippen LogP contribution in [0.2, 0.25) is 0 Å². The van der Waals surface area contributed by atoms with Gasteiger partial charge in [0.1, 0.15) is 0 Å². The Morgan fingerprint density at radius 3 is 1.00 bits per heavy atom. The van der Waals surface area contributed by atoms with E-state index in [1.807, 2.05) is 0 Å². The molecule has 0 aliphatic rings. The highest BCUT2D eigenvalue weighted by Gasteiger charge is 1.86. The molecule has 26 valence electrons. The second kappa shape index (κ2) is 1.15. The quantitative estimate of drug-likeness (QED) is 0.376. The molecule has 0 nitrogen and oxygen atoms in total. The minimum Gasteiger partial charge on any atom is -0.174 e. The van der Waals surface area contributed by atoms with Crippen molar-refractivity contribution in [3.63, 3.8) is 0 Å². The molecule has 0 aromatic heterocycles. The summed E-state index contributed by atoms with van der Waals surface area (Å²) >= 11 is 0. The molecule has 0 aromatic carbocycles. The standard InChI is InChI=1S/CHF3/c2-1(3)4/h1H/i1+1. The van der Waals surface area contributed by atoms with Gasteiger partial charge in [0.05, 0.1) is 0 Å². The van der Waals surface area contributed by atoms with Crippen LogP contribution in [-0.2, 0) is 0 Å². The summed E-state index contributed by atoms with van der Waals surface area (Å²) in [5.41, 5.74) is 0. The molecule has 0 aliphatic heterocycles. The maximum Gasteiger partial charge on any atom is 0.379 e. The fourth-order valence-electron chi connectivity index (χ4n) is 0. The molecule has 0 heterocycles. The summed E-state index contributed by atoms with van der Waals surface area (Å²) in [5, 5.41) is 0. The van der Waals surface area contributed by atoms with Gasteiger partial charge in [-0.05, 0) is 0 Å². The van der Waals surface area contributed by atoms with Gasteiger partial charge < -0.3 is 0 Å². The van der Waals surface area contributed by atoms with E-state index in [2.05, 4.69) is 0 Å². The predicted molar refractivity (Wildman–Crippen MR) is 7.11 cm³/mol. The van der Waals surface area contributed by atoms with E-state index in [0.717, 1.165) is 0 Å². The highest BCUT2D eigenvalue weighted by atomic mass is 19.5. The number of hydrogen-bond donors (Lipinski definition) is 0. The van der Waals surface area contributed by atoms with Crippen molar-refractivity contribution in [2.75, 3.05) is 0 Å². The number of hydrogen-bond acceptors (Lipinski definition) is 0. The highest BCUT2D eigenvalue weighted by molar-refractivity contribution is 3.83. The largest absolute Gasteiger partial charge is 0.379 e. The van der Waals surface area contributed by atoms with Crippen molar-refractivity contribution in [2.45, 2.75) is 6.68 Å². The Morgan fingerprint density at radius 1 is 1.00 bits per heavy atom. The van der Waals surface area contributed by atoms with Crippen LogP contribution in [0.25, 0.3) is 0 Å². The van der Waals surface area contributed by atoms with Crippen molar-refractivity contribution in [3.8, 4) is 0 Å². The summed E-state index contributed by atoms with van der Waals surface area (Å²) in [6, 6.07) is 0. The summed E-state index contributed by atoms with van der Waals surface area (Å²) in [4.78, 5) is 0. The van der Waals surface area contributed by atoms with Crippen molar-refractivity contribution >= 4 is 0 Å². The number of rotatable bonds is 0. The lowest BCUT2D eigenvalue weighted by atomic mass is 12.5. The van der Waals surface area contributed by atoms with Crippen LogP contribution >= 0.6 is 0 Å². The van der Waals surface area contributed by atoms with E-state index in [1.165, 1.54) is 0 Å². The van der Waals surface area contributed by atoms with Crippen LogP contribution in [0.1, 0.15) is 0 Å². The maximum absolute atomic E-state index is 9.67. The van der Waals surface area contributed by atoms with E-state index in [-0.39, 0.29) is 0 Å². The molecule has 3 heteroatoms. The van der Waals surface area contributed by atoms with Crippen LogP contribution in [-0.4, -0.2) is 6.68 Å². The van der Waals surface area contributed by atoms with E-state index in [9.17, 15) is 13.2 Å².